The molecule has 2 aliphatic rings. The number of para-hydroxylation sites is 1. The normalized spacial score (nSPS) is 18.7. The number of benzene rings is 2. The van der Waals surface area contributed by atoms with Gasteiger partial charge in [0.1, 0.15) is 11.5 Å². The monoisotopic (exact) mass is 479 g/mol. The van der Waals surface area contributed by atoms with E-state index >= 15 is 4.39 Å². The lowest BCUT2D eigenvalue weighted by Crippen LogP contribution is -2.43. The molecular formula is C23H25F4N5S. The predicted molar refractivity (Wildman–Crippen MR) is 127 cm³/mol. The summed E-state index contributed by atoms with van der Waals surface area (Å²) >= 11 is 0. The second kappa shape index (κ2) is 9.74. The number of likely N-dealkylation sites (N-methyl/N-ethyl adjacent to an activating group) is 1. The molecule has 1 atom stereocenters. The van der Waals surface area contributed by atoms with Gasteiger partial charge in [-0.1, -0.05) is 30.3 Å². The molecule has 0 N–H and O–H groups in total. The van der Waals surface area contributed by atoms with Gasteiger partial charge < -0.3 is 9.21 Å². The Morgan fingerprint density at radius 3 is 2.33 bits per heavy atom. The Hall–Kier alpha value is -2.56. The molecule has 2 aromatic carbocycles. The highest BCUT2D eigenvalue weighted by atomic mass is 32.2. The molecule has 0 saturated carbocycles. The van der Waals surface area contributed by atoms with Crippen LogP contribution in [0.3, 0.4) is 0 Å². The summed E-state index contributed by atoms with van der Waals surface area (Å²) in [7, 11) is 1.55. The molecule has 0 aromatic heterocycles. The van der Waals surface area contributed by atoms with Crippen molar-refractivity contribution in [2.75, 3.05) is 37.5 Å². The molecule has 1 unspecified atom stereocenters. The van der Waals surface area contributed by atoms with Crippen molar-refractivity contribution >= 4 is 33.8 Å². The maximum absolute atomic E-state index is 15.1. The fraction of sp³-hybridized carbons (Fsp3) is 0.348. The third-order valence-corrected chi connectivity index (χ3v) is 7.52. The van der Waals surface area contributed by atoms with Crippen molar-refractivity contribution in [1.29, 1.82) is 0 Å². The molecule has 0 spiro atoms. The number of hydrogen-bond donors (Lipinski definition) is 0. The molecule has 1 fully saturated rings. The molecule has 0 radical (unpaired) electrons. The van der Waals surface area contributed by atoms with Crippen LogP contribution in [0.1, 0.15) is 17.5 Å². The fourth-order valence-electron chi connectivity index (χ4n) is 3.70. The maximum atomic E-state index is 15.1. The van der Waals surface area contributed by atoms with Crippen molar-refractivity contribution in [1.82, 2.24) is 9.21 Å². The van der Waals surface area contributed by atoms with E-state index in [0.29, 0.717) is 11.1 Å². The van der Waals surface area contributed by atoms with Crippen LogP contribution in [0.25, 0.3) is 0 Å². The number of rotatable bonds is 6. The average Bonchev–Trinajstić information content (AvgIpc) is 3.30. The van der Waals surface area contributed by atoms with E-state index in [1.807, 2.05) is 30.3 Å². The summed E-state index contributed by atoms with van der Waals surface area (Å²) < 4.78 is 58.0. The largest absolute Gasteiger partial charge is 0.431 e. The van der Waals surface area contributed by atoms with Gasteiger partial charge in [0.05, 0.1) is 12.3 Å². The Bertz CT molecular complexity index is 1080. The molecule has 2 heterocycles. The quantitative estimate of drug-likeness (QED) is 0.444. The zero-order valence-electron chi connectivity index (χ0n) is 18.2. The third-order valence-electron chi connectivity index (χ3n) is 5.71. The smallest absolute Gasteiger partial charge is 0.306 e. The molecule has 0 aliphatic carbocycles. The predicted octanol–water partition coefficient (Wildman–Crippen LogP) is 4.72. The first kappa shape index (κ1) is 23.6. The molecule has 5 nitrogen and oxygen atoms in total. The molecule has 0 amide bonds. The summed E-state index contributed by atoms with van der Waals surface area (Å²) in [6.45, 7) is 3.90. The Morgan fingerprint density at radius 2 is 1.73 bits per heavy atom. The number of alkyl halides is 3. The molecule has 176 valence electrons. The Balaban J connectivity index is 1.54. The van der Waals surface area contributed by atoms with E-state index in [9.17, 15) is 13.2 Å². The van der Waals surface area contributed by atoms with Crippen molar-refractivity contribution in [3.63, 3.8) is 0 Å². The highest BCUT2D eigenvalue weighted by molar-refractivity contribution is 8.13. The average molecular weight is 480 g/mol. The van der Waals surface area contributed by atoms with Crippen molar-refractivity contribution in [2.24, 2.45) is 10.2 Å². The molecule has 4 rings (SSSR count). The van der Waals surface area contributed by atoms with Crippen LogP contribution in [-0.4, -0.2) is 65.9 Å². The highest BCUT2D eigenvalue weighted by Gasteiger charge is 2.38. The maximum Gasteiger partial charge on any atom is 0.431 e. The van der Waals surface area contributed by atoms with E-state index in [1.165, 1.54) is 6.07 Å². The standard InChI is InChI=1S/C23H25F4N5S/c1-30-10-12-31(13-11-30)33(2)32(19-6-4-3-5-7-19)16-18-9-8-17(14-20(18)24)21-15-22(29-28-21)23(25,26)27/h3-9,14H,2,10-13,15-16H2,1H3. The highest BCUT2D eigenvalue weighted by Crippen LogP contribution is 2.33. The van der Waals surface area contributed by atoms with Gasteiger partial charge in [-0.05, 0) is 42.0 Å². The lowest BCUT2D eigenvalue weighted by Gasteiger charge is -2.39. The van der Waals surface area contributed by atoms with Crippen LogP contribution in [0.15, 0.2) is 58.7 Å². The summed E-state index contributed by atoms with van der Waals surface area (Å²) in [5, 5.41) is 6.83. The minimum Gasteiger partial charge on any atom is -0.306 e. The van der Waals surface area contributed by atoms with E-state index in [4.69, 9.17) is 0 Å². The van der Waals surface area contributed by atoms with Crippen molar-refractivity contribution in [3.8, 4) is 0 Å². The van der Waals surface area contributed by atoms with Crippen molar-refractivity contribution < 1.29 is 17.6 Å². The topological polar surface area (TPSA) is 34.4 Å². The van der Waals surface area contributed by atoms with Crippen LogP contribution in [0.2, 0.25) is 0 Å². The number of hydrogen-bond acceptors (Lipinski definition) is 5. The molecule has 2 aromatic rings. The summed E-state index contributed by atoms with van der Waals surface area (Å²) in [5.74, 6) is 3.91. The summed E-state index contributed by atoms with van der Waals surface area (Å²) in [6.07, 6.45) is -4.99. The van der Waals surface area contributed by atoms with Gasteiger partial charge in [0.2, 0.25) is 0 Å². The molecule has 33 heavy (non-hydrogen) atoms. The number of anilines is 1. The van der Waals surface area contributed by atoms with Crippen LogP contribution in [0.4, 0.5) is 23.2 Å². The van der Waals surface area contributed by atoms with Gasteiger partial charge in [-0.15, -0.1) is 5.10 Å². The van der Waals surface area contributed by atoms with Gasteiger partial charge in [-0.3, -0.25) is 0 Å². The van der Waals surface area contributed by atoms with Crippen LogP contribution in [-0.2, 0) is 6.54 Å². The first-order valence-corrected chi connectivity index (χ1v) is 11.8. The number of nitrogens with zero attached hydrogens (tertiary/aromatic N) is 5. The number of piperazine rings is 1. The van der Waals surface area contributed by atoms with Gasteiger partial charge in [-0.25, -0.2) is 8.70 Å². The van der Waals surface area contributed by atoms with Gasteiger partial charge in [0.15, 0.2) is 0 Å². The van der Waals surface area contributed by atoms with Gasteiger partial charge in [0.25, 0.3) is 0 Å². The summed E-state index contributed by atoms with van der Waals surface area (Å²) in [6, 6.07) is 14.2. The Labute approximate surface area is 193 Å². The van der Waals surface area contributed by atoms with Crippen molar-refractivity contribution in [2.45, 2.75) is 19.1 Å². The summed E-state index contributed by atoms with van der Waals surface area (Å²) in [4.78, 5) is 2.26. The minimum absolute atomic E-state index is 0.113. The zero-order valence-corrected chi connectivity index (χ0v) is 19.0. The van der Waals surface area contributed by atoms with Crippen molar-refractivity contribution in [3.05, 3.63) is 65.5 Å². The molecule has 2 aliphatic heterocycles. The van der Waals surface area contributed by atoms with E-state index < -0.39 is 35.0 Å². The first-order chi connectivity index (χ1) is 15.7. The number of halogens is 4. The zero-order chi connectivity index (χ0) is 23.6. The van der Waals surface area contributed by atoms with E-state index in [-0.39, 0.29) is 12.3 Å². The fourth-order valence-corrected chi connectivity index (χ4v) is 5.21. The van der Waals surface area contributed by atoms with Gasteiger partial charge >= 0.3 is 6.18 Å². The lowest BCUT2D eigenvalue weighted by molar-refractivity contribution is -0.0596. The van der Waals surface area contributed by atoms with Crippen LogP contribution < -0.4 is 4.31 Å². The first-order valence-electron chi connectivity index (χ1n) is 10.5. The minimum atomic E-state index is -4.53. The third kappa shape index (κ3) is 5.51. The molecule has 10 heteroatoms. The Kier molecular flexibility index (Phi) is 6.96. The van der Waals surface area contributed by atoms with Crippen LogP contribution in [0.5, 0.6) is 0 Å². The SMILES string of the molecule is C=S(N1CCN(C)CC1)N(Cc1ccc(C2=NN=C(C(F)(F)F)C2)cc1F)c1ccccc1. The summed E-state index contributed by atoms with van der Waals surface area (Å²) in [5.41, 5.74) is 0.820. The van der Waals surface area contributed by atoms with Gasteiger partial charge in [-0.2, -0.15) is 18.3 Å². The lowest BCUT2D eigenvalue weighted by atomic mass is 10.0. The second-order valence-electron chi connectivity index (χ2n) is 8.02. The van der Waals surface area contributed by atoms with E-state index in [2.05, 4.69) is 36.6 Å². The van der Waals surface area contributed by atoms with Crippen LogP contribution >= 0.6 is 10.9 Å². The second-order valence-corrected chi connectivity index (χ2v) is 9.66. The molecule has 1 saturated heterocycles. The van der Waals surface area contributed by atoms with E-state index in [1.54, 1.807) is 12.1 Å². The van der Waals surface area contributed by atoms with Gasteiger partial charge in [0, 0.05) is 49.4 Å². The Morgan fingerprint density at radius 1 is 1.03 bits per heavy atom. The molecular weight excluding hydrogens is 454 g/mol. The van der Waals surface area contributed by atoms with E-state index in [0.717, 1.165) is 31.9 Å². The van der Waals surface area contributed by atoms with Crippen LogP contribution in [0, 0.1) is 5.82 Å². The molecule has 0 bridgehead atoms.